The van der Waals surface area contributed by atoms with Crippen molar-refractivity contribution in [1.82, 2.24) is 14.8 Å². The number of benzene rings is 1. The quantitative estimate of drug-likeness (QED) is 0.558. The molecule has 2 aromatic heterocycles. The highest BCUT2D eigenvalue weighted by atomic mass is 16.6. The summed E-state index contributed by atoms with van der Waals surface area (Å²) >= 11 is 0. The maximum absolute atomic E-state index is 12.8. The SMILES string of the molecule is COc1ccc(Cn2nc(C)cc(Oc3ccc(C(=O)OC(C)(C)C)cn3)c2=O)cc1. The number of carbonyl (C=O) groups is 1. The number of esters is 1. The molecular formula is C23H25N3O5. The van der Waals surface area contributed by atoms with Crippen LogP contribution in [-0.2, 0) is 11.3 Å². The number of aromatic nitrogens is 3. The van der Waals surface area contributed by atoms with Gasteiger partial charge in [0.05, 0.1) is 24.9 Å². The van der Waals surface area contributed by atoms with Gasteiger partial charge in [0, 0.05) is 18.3 Å². The molecule has 8 nitrogen and oxygen atoms in total. The van der Waals surface area contributed by atoms with Gasteiger partial charge in [-0.05, 0) is 51.5 Å². The minimum atomic E-state index is -0.601. The molecule has 0 aliphatic heterocycles. The van der Waals surface area contributed by atoms with E-state index in [1.54, 1.807) is 46.9 Å². The molecular weight excluding hydrogens is 398 g/mol. The molecule has 0 unspecified atom stereocenters. The van der Waals surface area contributed by atoms with Crippen LogP contribution in [0.3, 0.4) is 0 Å². The molecule has 162 valence electrons. The van der Waals surface area contributed by atoms with E-state index in [1.807, 2.05) is 24.3 Å². The summed E-state index contributed by atoms with van der Waals surface area (Å²) in [7, 11) is 1.60. The molecule has 0 fully saturated rings. The fourth-order valence-corrected chi connectivity index (χ4v) is 2.74. The Morgan fingerprint density at radius 1 is 1.10 bits per heavy atom. The van der Waals surface area contributed by atoms with Gasteiger partial charge in [-0.3, -0.25) is 4.79 Å². The Morgan fingerprint density at radius 2 is 1.81 bits per heavy atom. The van der Waals surface area contributed by atoms with Gasteiger partial charge in [-0.25, -0.2) is 14.5 Å². The van der Waals surface area contributed by atoms with Crippen LogP contribution < -0.4 is 15.0 Å². The number of hydrogen-bond acceptors (Lipinski definition) is 7. The molecule has 8 heteroatoms. The van der Waals surface area contributed by atoms with Crippen LogP contribution in [0, 0.1) is 6.92 Å². The van der Waals surface area contributed by atoms with E-state index < -0.39 is 11.6 Å². The molecule has 0 N–H and O–H groups in total. The zero-order valence-electron chi connectivity index (χ0n) is 18.2. The molecule has 3 aromatic rings. The Morgan fingerprint density at radius 3 is 2.39 bits per heavy atom. The van der Waals surface area contributed by atoms with Crippen molar-refractivity contribution in [1.29, 1.82) is 0 Å². The molecule has 3 rings (SSSR count). The lowest BCUT2D eigenvalue weighted by atomic mass is 10.2. The Balaban J connectivity index is 1.78. The molecule has 0 atom stereocenters. The fourth-order valence-electron chi connectivity index (χ4n) is 2.74. The summed E-state index contributed by atoms with van der Waals surface area (Å²) in [6, 6.07) is 12.0. The average molecular weight is 423 g/mol. The highest BCUT2D eigenvalue weighted by Crippen LogP contribution is 2.18. The predicted molar refractivity (Wildman–Crippen MR) is 115 cm³/mol. The molecule has 31 heavy (non-hydrogen) atoms. The zero-order chi connectivity index (χ0) is 22.6. The number of carbonyl (C=O) groups excluding carboxylic acids is 1. The Hall–Kier alpha value is -3.68. The predicted octanol–water partition coefficient (Wildman–Crippen LogP) is 3.75. The van der Waals surface area contributed by atoms with Gasteiger partial charge in [0.25, 0.3) is 0 Å². The van der Waals surface area contributed by atoms with Crippen molar-refractivity contribution >= 4 is 5.97 Å². The van der Waals surface area contributed by atoms with Gasteiger partial charge in [-0.1, -0.05) is 12.1 Å². The van der Waals surface area contributed by atoms with E-state index >= 15 is 0 Å². The summed E-state index contributed by atoms with van der Waals surface area (Å²) in [5, 5.41) is 4.30. The van der Waals surface area contributed by atoms with Gasteiger partial charge in [-0.2, -0.15) is 5.10 Å². The second kappa shape index (κ2) is 8.99. The minimum absolute atomic E-state index is 0.0959. The third kappa shape index (κ3) is 5.91. The van der Waals surface area contributed by atoms with Crippen LogP contribution in [-0.4, -0.2) is 33.4 Å². The topological polar surface area (TPSA) is 92.5 Å². The molecule has 0 bridgehead atoms. The van der Waals surface area contributed by atoms with Gasteiger partial charge in [-0.15, -0.1) is 0 Å². The van der Waals surface area contributed by atoms with E-state index in [2.05, 4.69) is 10.1 Å². The molecule has 0 aliphatic rings. The van der Waals surface area contributed by atoms with E-state index in [4.69, 9.17) is 14.2 Å². The third-order valence-electron chi connectivity index (χ3n) is 4.14. The average Bonchev–Trinajstić information content (AvgIpc) is 2.71. The number of nitrogens with zero attached hydrogens (tertiary/aromatic N) is 3. The molecule has 0 saturated carbocycles. The first kappa shape index (κ1) is 22.0. The summed E-state index contributed by atoms with van der Waals surface area (Å²) in [5.74, 6) is 0.538. The Labute approximate surface area is 180 Å². The number of pyridine rings is 1. The highest BCUT2D eigenvalue weighted by molar-refractivity contribution is 5.89. The fraction of sp³-hybridized carbons (Fsp3) is 0.304. The Bertz CT molecular complexity index is 1110. The van der Waals surface area contributed by atoms with Crippen molar-refractivity contribution in [3.63, 3.8) is 0 Å². The van der Waals surface area contributed by atoms with Crippen LogP contribution in [0.2, 0.25) is 0 Å². The maximum atomic E-state index is 12.8. The van der Waals surface area contributed by atoms with Gasteiger partial charge >= 0.3 is 11.5 Å². The Kier molecular flexibility index (Phi) is 6.39. The summed E-state index contributed by atoms with van der Waals surface area (Å²) in [6.45, 7) is 7.43. The summed E-state index contributed by atoms with van der Waals surface area (Å²) in [6.07, 6.45) is 1.35. The number of aryl methyl sites for hydroxylation is 1. The van der Waals surface area contributed by atoms with Gasteiger partial charge < -0.3 is 14.2 Å². The monoisotopic (exact) mass is 423 g/mol. The number of methoxy groups -OCH3 is 1. The minimum Gasteiger partial charge on any atom is -0.497 e. The molecule has 0 radical (unpaired) electrons. The second-order valence-electron chi connectivity index (χ2n) is 7.95. The van der Waals surface area contributed by atoms with Crippen molar-refractivity contribution in [2.75, 3.05) is 7.11 Å². The first-order valence-corrected chi connectivity index (χ1v) is 9.73. The van der Waals surface area contributed by atoms with Crippen LogP contribution in [0.25, 0.3) is 0 Å². The second-order valence-corrected chi connectivity index (χ2v) is 7.95. The zero-order valence-corrected chi connectivity index (χ0v) is 18.2. The van der Waals surface area contributed by atoms with E-state index in [9.17, 15) is 9.59 Å². The molecule has 0 aliphatic carbocycles. The van der Waals surface area contributed by atoms with Crippen LogP contribution in [0.15, 0.2) is 53.5 Å². The standard InChI is InChI=1S/C23H25N3O5/c1-15-12-19(21(27)26(25-15)14-16-6-9-18(29-5)10-7-16)30-20-11-8-17(13-24-20)22(28)31-23(2,3)4/h6-13H,14H2,1-5H3. The third-order valence-corrected chi connectivity index (χ3v) is 4.14. The number of ether oxygens (including phenoxy) is 3. The van der Waals surface area contributed by atoms with Crippen LogP contribution in [0.1, 0.15) is 42.4 Å². The number of rotatable bonds is 6. The van der Waals surface area contributed by atoms with Gasteiger partial charge in [0.15, 0.2) is 5.75 Å². The smallest absolute Gasteiger partial charge is 0.340 e. The lowest BCUT2D eigenvalue weighted by Gasteiger charge is -2.19. The first-order valence-electron chi connectivity index (χ1n) is 9.73. The van der Waals surface area contributed by atoms with Crippen molar-refractivity contribution < 1.29 is 19.0 Å². The highest BCUT2D eigenvalue weighted by Gasteiger charge is 2.18. The van der Waals surface area contributed by atoms with Crippen LogP contribution in [0.4, 0.5) is 0 Å². The normalized spacial score (nSPS) is 11.1. The summed E-state index contributed by atoms with van der Waals surface area (Å²) in [5.41, 5.74) is 0.820. The summed E-state index contributed by atoms with van der Waals surface area (Å²) < 4.78 is 17.5. The maximum Gasteiger partial charge on any atom is 0.340 e. The van der Waals surface area contributed by atoms with Crippen molar-refractivity contribution in [2.45, 2.75) is 39.8 Å². The van der Waals surface area contributed by atoms with E-state index in [1.165, 1.54) is 16.9 Å². The largest absolute Gasteiger partial charge is 0.497 e. The lowest BCUT2D eigenvalue weighted by molar-refractivity contribution is 0.00690. The van der Waals surface area contributed by atoms with Gasteiger partial charge in [0.1, 0.15) is 11.4 Å². The van der Waals surface area contributed by atoms with Crippen molar-refractivity contribution in [3.8, 4) is 17.4 Å². The summed E-state index contributed by atoms with van der Waals surface area (Å²) in [4.78, 5) is 29.1. The van der Waals surface area contributed by atoms with Crippen molar-refractivity contribution in [2.24, 2.45) is 0 Å². The van der Waals surface area contributed by atoms with E-state index in [0.29, 0.717) is 11.3 Å². The van der Waals surface area contributed by atoms with E-state index in [0.717, 1.165) is 11.3 Å². The molecule has 0 saturated heterocycles. The lowest BCUT2D eigenvalue weighted by Crippen LogP contribution is -2.25. The molecule has 0 spiro atoms. The van der Waals surface area contributed by atoms with Gasteiger partial charge in [0.2, 0.25) is 5.88 Å². The first-order chi connectivity index (χ1) is 14.6. The number of hydrogen-bond donors (Lipinski definition) is 0. The van der Waals surface area contributed by atoms with Crippen LogP contribution >= 0.6 is 0 Å². The molecule has 1 aromatic carbocycles. The van der Waals surface area contributed by atoms with E-state index in [-0.39, 0.29) is 23.7 Å². The molecule has 2 heterocycles. The molecule has 0 amide bonds. The van der Waals surface area contributed by atoms with Crippen molar-refractivity contribution in [3.05, 3.63) is 75.8 Å². The van der Waals surface area contributed by atoms with Crippen LogP contribution in [0.5, 0.6) is 17.4 Å².